The highest BCUT2D eigenvalue weighted by Crippen LogP contribution is 2.30. The molecule has 0 amide bonds. The second-order valence-electron chi connectivity index (χ2n) is 2.87. The first kappa shape index (κ1) is 12.4. The standard InChI is InChI=1S/C9H9BrN2O4/c1-2-16-9(13)8-6(10)3-5(11)4-7(8)12(14)15/h3-4H,2,11H2,1H3. The van der Waals surface area contributed by atoms with E-state index in [1.807, 2.05) is 0 Å². The van der Waals surface area contributed by atoms with Gasteiger partial charge in [-0.3, -0.25) is 10.1 Å². The maximum atomic E-state index is 11.5. The molecule has 6 nitrogen and oxygen atoms in total. The van der Waals surface area contributed by atoms with Crippen molar-refractivity contribution in [2.45, 2.75) is 6.92 Å². The first-order valence-electron chi connectivity index (χ1n) is 4.38. The number of nitrogen functional groups attached to an aromatic ring is 1. The van der Waals surface area contributed by atoms with E-state index in [4.69, 9.17) is 10.5 Å². The van der Waals surface area contributed by atoms with Gasteiger partial charge in [-0.05, 0) is 28.9 Å². The van der Waals surface area contributed by atoms with E-state index in [0.29, 0.717) is 0 Å². The second-order valence-corrected chi connectivity index (χ2v) is 3.73. The van der Waals surface area contributed by atoms with Gasteiger partial charge in [-0.15, -0.1) is 0 Å². The van der Waals surface area contributed by atoms with Crippen molar-refractivity contribution in [3.05, 3.63) is 32.3 Å². The molecule has 0 aliphatic rings. The molecule has 0 radical (unpaired) electrons. The third kappa shape index (κ3) is 2.48. The molecule has 2 N–H and O–H groups in total. The van der Waals surface area contributed by atoms with Crippen LogP contribution in [0.2, 0.25) is 0 Å². The van der Waals surface area contributed by atoms with Gasteiger partial charge in [0.15, 0.2) is 5.56 Å². The van der Waals surface area contributed by atoms with Crippen molar-refractivity contribution >= 4 is 33.3 Å². The summed E-state index contributed by atoms with van der Waals surface area (Å²) in [6.45, 7) is 1.77. The lowest BCUT2D eigenvalue weighted by atomic mass is 10.1. The highest BCUT2D eigenvalue weighted by atomic mass is 79.9. The molecular formula is C9H9BrN2O4. The first-order valence-corrected chi connectivity index (χ1v) is 5.17. The van der Waals surface area contributed by atoms with Crippen LogP contribution >= 0.6 is 15.9 Å². The van der Waals surface area contributed by atoms with Gasteiger partial charge in [0.1, 0.15) is 0 Å². The molecule has 0 unspecified atom stereocenters. The summed E-state index contributed by atoms with van der Waals surface area (Å²) >= 11 is 3.05. The number of anilines is 1. The van der Waals surface area contributed by atoms with Crippen molar-refractivity contribution in [3.63, 3.8) is 0 Å². The zero-order chi connectivity index (χ0) is 12.3. The second kappa shape index (κ2) is 4.93. The fraction of sp³-hybridized carbons (Fsp3) is 0.222. The van der Waals surface area contributed by atoms with Crippen molar-refractivity contribution in [1.82, 2.24) is 0 Å². The van der Waals surface area contributed by atoms with E-state index in [9.17, 15) is 14.9 Å². The molecular weight excluding hydrogens is 280 g/mol. The summed E-state index contributed by atoms with van der Waals surface area (Å²) in [5, 5.41) is 10.8. The van der Waals surface area contributed by atoms with Gasteiger partial charge >= 0.3 is 5.97 Å². The Kier molecular flexibility index (Phi) is 3.83. The van der Waals surface area contributed by atoms with E-state index in [2.05, 4.69) is 15.9 Å². The number of benzene rings is 1. The number of halogens is 1. The molecule has 0 saturated heterocycles. The largest absolute Gasteiger partial charge is 0.462 e. The van der Waals surface area contributed by atoms with Gasteiger partial charge in [-0.25, -0.2) is 4.79 Å². The van der Waals surface area contributed by atoms with Crippen LogP contribution in [-0.4, -0.2) is 17.5 Å². The Hall–Kier alpha value is -1.63. The summed E-state index contributed by atoms with van der Waals surface area (Å²) in [5.41, 5.74) is 5.16. The summed E-state index contributed by atoms with van der Waals surface area (Å²) < 4.78 is 4.97. The van der Waals surface area contributed by atoms with E-state index in [1.165, 1.54) is 6.07 Å². The van der Waals surface area contributed by atoms with Crippen LogP contribution in [0.3, 0.4) is 0 Å². The predicted molar refractivity (Wildman–Crippen MR) is 61.2 cm³/mol. The lowest BCUT2D eigenvalue weighted by molar-refractivity contribution is -0.385. The van der Waals surface area contributed by atoms with Crippen LogP contribution in [0.25, 0.3) is 0 Å². The lowest BCUT2D eigenvalue weighted by Gasteiger charge is -2.06. The Bertz CT molecular complexity index is 447. The Balaban J connectivity index is 3.35. The van der Waals surface area contributed by atoms with Crippen LogP contribution in [0.4, 0.5) is 11.4 Å². The summed E-state index contributed by atoms with van der Waals surface area (Å²) in [6.07, 6.45) is 0. The molecule has 0 heterocycles. The SMILES string of the molecule is CCOC(=O)c1c(Br)cc(N)cc1[N+](=O)[O-]. The summed E-state index contributed by atoms with van der Waals surface area (Å²) in [6, 6.07) is 2.54. The zero-order valence-corrected chi connectivity index (χ0v) is 9.98. The fourth-order valence-corrected chi connectivity index (χ4v) is 1.79. The summed E-state index contributed by atoms with van der Waals surface area (Å²) in [4.78, 5) is 21.6. The van der Waals surface area contributed by atoms with Crippen molar-refractivity contribution in [2.24, 2.45) is 0 Å². The van der Waals surface area contributed by atoms with Gasteiger partial charge in [0, 0.05) is 16.2 Å². The number of esters is 1. The van der Waals surface area contributed by atoms with Crippen LogP contribution in [-0.2, 0) is 4.74 Å². The molecule has 1 aromatic carbocycles. The van der Waals surface area contributed by atoms with E-state index < -0.39 is 10.9 Å². The number of hydrogen-bond donors (Lipinski definition) is 1. The van der Waals surface area contributed by atoms with E-state index >= 15 is 0 Å². The maximum absolute atomic E-state index is 11.5. The molecule has 0 bridgehead atoms. The predicted octanol–water partition coefficient (Wildman–Crippen LogP) is 2.12. The highest BCUT2D eigenvalue weighted by Gasteiger charge is 2.25. The Morgan fingerprint density at radius 2 is 2.25 bits per heavy atom. The van der Waals surface area contributed by atoms with Gasteiger partial charge in [0.2, 0.25) is 0 Å². The molecule has 7 heteroatoms. The van der Waals surface area contributed by atoms with Crippen LogP contribution in [0.15, 0.2) is 16.6 Å². The van der Waals surface area contributed by atoms with Crippen molar-refractivity contribution in [3.8, 4) is 0 Å². The van der Waals surface area contributed by atoms with Crippen LogP contribution < -0.4 is 5.73 Å². The van der Waals surface area contributed by atoms with Gasteiger partial charge in [-0.1, -0.05) is 0 Å². The van der Waals surface area contributed by atoms with E-state index in [-0.39, 0.29) is 28.0 Å². The fourth-order valence-electron chi connectivity index (χ4n) is 1.16. The number of nitro benzene ring substituents is 1. The van der Waals surface area contributed by atoms with Gasteiger partial charge in [-0.2, -0.15) is 0 Å². The number of nitro groups is 1. The molecule has 0 aliphatic heterocycles. The van der Waals surface area contributed by atoms with Crippen molar-refractivity contribution in [2.75, 3.05) is 12.3 Å². The van der Waals surface area contributed by atoms with Crippen LogP contribution in [0, 0.1) is 10.1 Å². The van der Waals surface area contributed by atoms with Crippen molar-refractivity contribution in [1.29, 1.82) is 0 Å². The minimum absolute atomic E-state index is 0.124. The number of rotatable bonds is 3. The van der Waals surface area contributed by atoms with Crippen LogP contribution in [0.5, 0.6) is 0 Å². The van der Waals surface area contributed by atoms with Crippen LogP contribution in [0.1, 0.15) is 17.3 Å². The lowest BCUT2D eigenvalue weighted by Crippen LogP contribution is -2.09. The Labute approximate surface area is 99.7 Å². The maximum Gasteiger partial charge on any atom is 0.346 e. The molecule has 1 aromatic rings. The van der Waals surface area contributed by atoms with Gasteiger partial charge in [0.05, 0.1) is 11.5 Å². The average molecular weight is 289 g/mol. The normalized spacial score (nSPS) is 9.88. The molecule has 0 atom stereocenters. The Morgan fingerprint density at radius 3 is 2.75 bits per heavy atom. The third-order valence-corrected chi connectivity index (χ3v) is 2.39. The smallest absolute Gasteiger partial charge is 0.346 e. The number of carbonyl (C=O) groups excluding carboxylic acids is 1. The number of nitrogens with zero attached hydrogens (tertiary/aromatic N) is 1. The summed E-state index contributed by atoms with van der Waals surface area (Å²) in [5.74, 6) is -0.749. The molecule has 0 saturated carbocycles. The number of nitrogens with two attached hydrogens (primary N) is 1. The molecule has 86 valence electrons. The number of ether oxygens (including phenoxy) is 1. The molecule has 0 fully saturated rings. The average Bonchev–Trinajstić information content (AvgIpc) is 2.16. The summed E-state index contributed by atoms with van der Waals surface area (Å²) in [7, 11) is 0. The molecule has 0 spiro atoms. The monoisotopic (exact) mass is 288 g/mol. The van der Waals surface area contributed by atoms with E-state index in [1.54, 1.807) is 6.92 Å². The number of hydrogen-bond acceptors (Lipinski definition) is 5. The van der Waals surface area contributed by atoms with Crippen molar-refractivity contribution < 1.29 is 14.5 Å². The third-order valence-electron chi connectivity index (χ3n) is 1.77. The molecule has 1 rings (SSSR count). The Morgan fingerprint density at radius 1 is 1.62 bits per heavy atom. The topological polar surface area (TPSA) is 95.5 Å². The minimum Gasteiger partial charge on any atom is -0.462 e. The molecule has 0 aromatic heterocycles. The zero-order valence-electron chi connectivity index (χ0n) is 8.40. The van der Waals surface area contributed by atoms with Gasteiger partial charge in [0.25, 0.3) is 5.69 Å². The quantitative estimate of drug-likeness (QED) is 0.398. The number of carbonyl (C=O) groups is 1. The van der Waals surface area contributed by atoms with Gasteiger partial charge < -0.3 is 10.5 Å². The molecule has 16 heavy (non-hydrogen) atoms. The minimum atomic E-state index is -0.749. The first-order chi connectivity index (χ1) is 7.47. The van der Waals surface area contributed by atoms with E-state index in [0.717, 1.165) is 6.07 Å². The molecule has 0 aliphatic carbocycles. The highest BCUT2D eigenvalue weighted by molar-refractivity contribution is 9.10.